The zero-order valence-corrected chi connectivity index (χ0v) is 18.9. The quantitative estimate of drug-likeness (QED) is 0.458. The van der Waals surface area contributed by atoms with Crippen molar-refractivity contribution in [3.63, 3.8) is 0 Å². The summed E-state index contributed by atoms with van der Waals surface area (Å²) in [5, 5.41) is 17.4. The predicted molar refractivity (Wildman–Crippen MR) is 122 cm³/mol. The van der Waals surface area contributed by atoms with E-state index in [0.29, 0.717) is 27.5 Å². The maximum atomic E-state index is 12.7. The molecule has 0 spiro atoms. The van der Waals surface area contributed by atoms with Gasteiger partial charge in [-0.05, 0) is 57.2 Å². The Hall–Kier alpha value is -3.44. The number of nitriles is 1. The maximum Gasteiger partial charge on any atom is 0.342 e. The number of nitrogens with one attached hydrogen (secondary N) is 1. The van der Waals surface area contributed by atoms with Gasteiger partial charge in [0.2, 0.25) is 0 Å². The van der Waals surface area contributed by atoms with Crippen molar-refractivity contribution in [2.24, 2.45) is 0 Å². The molecular weight excluding hydrogens is 424 g/mol. The van der Waals surface area contributed by atoms with E-state index in [1.165, 1.54) is 16.2 Å². The number of aryl methyl sites for hydroxylation is 2. The minimum absolute atomic E-state index is 0.349. The number of carbonyl (C=O) groups excluding carboxylic acids is 2. The summed E-state index contributed by atoms with van der Waals surface area (Å²) in [5.74, 6) is -1.06. The first kappa shape index (κ1) is 21.8. The van der Waals surface area contributed by atoms with Crippen molar-refractivity contribution in [3.05, 3.63) is 63.3 Å². The van der Waals surface area contributed by atoms with Crippen LogP contribution in [0.25, 0.3) is 5.69 Å². The molecule has 0 radical (unpaired) electrons. The monoisotopic (exact) mass is 448 g/mol. The van der Waals surface area contributed by atoms with E-state index < -0.39 is 18.5 Å². The van der Waals surface area contributed by atoms with Gasteiger partial charge in [-0.1, -0.05) is 24.6 Å². The van der Waals surface area contributed by atoms with Gasteiger partial charge >= 0.3 is 5.97 Å². The van der Waals surface area contributed by atoms with Gasteiger partial charge < -0.3 is 10.1 Å². The van der Waals surface area contributed by atoms with Crippen LogP contribution >= 0.6 is 11.3 Å². The van der Waals surface area contributed by atoms with Gasteiger partial charge in [0, 0.05) is 4.88 Å². The van der Waals surface area contributed by atoms with Crippen LogP contribution in [0.2, 0.25) is 0 Å². The summed E-state index contributed by atoms with van der Waals surface area (Å²) in [6.45, 7) is 3.10. The Morgan fingerprint density at radius 3 is 2.69 bits per heavy atom. The van der Waals surface area contributed by atoms with E-state index in [4.69, 9.17) is 4.74 Å². The normalized spacial score (nSPS) is 13.0. The number of hydrogen-bond donors (Lipinski definition) is 1. The van der Waals surface area contributed by atoms with Crippen LogP contribution in [0.1, 0.15) is 57.0 Å². The van der Waals surface area contributed by atoms with Gasteiger partial charge in [0.05, 0.1) is 22.6 Å². The molecule has 0 unspecified atom stereocenters. The molecule has 2 heterocycles. The van der Waals surface area contributed by atoms with Gasteiger partial charge in [-0.25, -0.2) is 9.48 Å². The first-order valence-electron chi connectivity index (χ1n) is 10.6. The molecule has 1 N–H and O–H groups in total. The molecule has 0 bridgehead atoms. The lowest BCUT2D eigenvalue weighted by atomic mass is 10.1. The molecule has 8 heteroatoms. The van der Waals surface area contributed by atoms with E-state index >= 15 is 0 Å². The molecule has 0 saturated heterocycles. The average Bonchev–Trinajstić information content (AvgIpc) is 3.17. The van der Waals surface area contributed by atoms with Crippen molar-refractivity contribution in [3.8, 4) is 11.8 Å². The van der Waals surface area contributed by atoms with Crippen LogP contribution in [0, 0.1) is 25.2 Å². The standard InChI is InChI=1S/C24H24N4O3S/c1-15-22(16(2)28(27-15)17-9-5-3-6-10-17)24(30)31-14-21(29)26-23-19(13-25)18-11-7-4-8-12-20(18)32-23/h3,5-6,9-10H,4,7-8,11-12,14H2,1-2H3,(H,26,29). The first-order chi connectivity index (χ1) is 15.5. The zero-order valence-electron chi connectivity index (χ0n) is 18.1. The number of para-hydroxylation sites is 1. The van der Waals surface area contributed by atoms with Crippen molar-refractivity contribution in [2.75, 3.05) is 11.9 Å². The maximum absolute atomic E-state index is 12.7. The molecular formula is C24H24N4O3S. The lowest BCUT2D eigenvalue weighted by Gasteiger charge is -2.07. The van der Waals surface area contributed by atoms with Gasteiger partial charge in [0.25, 0.3) is 5.91 Å². The molecule has 1 amide bonds. The molecule has 32 heavy (non-hydrogen) atoms. The Labute approximate surface area is 190 Å². The molecule has 0 fully saturated rings. The summed E-state index contributed by atoms with van der Waals surface area (Å²) in [4.78, 5) is 26.4. The van der Waals surface area contributed by atoms with Gasteiger partial charge in [0.15, 0.2) is 6.61 Å². The summed E-state index contributed by atoms with van der Waals surface area (Å²) in [6.07, 6.45) is 5.11. The molecule has 0 atom stereocenters. The first-order valence-corrected chi connectivity index (χ1v) is 11.4. The van der Waals surface area contributed by atoms with Crippen LogP contribution in [0.4, 0.5) is 5.00 Å². The second-order valence-electron chi connectivity index (χ2n) is 7.80. The third kappa shape index (κ3) is 4.30. The van der Waals surface area contributed by atoms with Crippen LogP contribution in [-0.2, 0) is 22.4 Å². The van der Waals surface area contributed by atoms with Crippen molar-refractivity contribution >= 4 is 28.2 Å². The number of ether oxygens (including phenoxy) is 1. The number of benzene rings is 1. The predicted octanol–water partition coefficient (Wildman–Crippen LogP) is 4.49. The summed E-state index contributed by atoms with van der Waals surface area (Å²) in [5.41, 5.74) is 3.97. The van der Waals surface area contributed by atoms with Crippen LogP contribution in [-0.4, -0.2) is 28.3 Å². The number of carbonyl (C=O) groups is 2. The highest BCUT2D eigenvalue weighted by molar-refractivity contribution is 7.16. The molecule has 3 aromatic rings. The highest BCUT2D eigenvalue weighted by Gasteiger charge is 2.23. The fraction of sp³-hybridized carbons (Fsp3) is 0.333. The van der Waals surface area contributed by atoms with E-state index in [1.807, 2.05) is 30.3 Å². The SMILES string of the molecule is Cc1nn(-c2ccccc2)c(C)c1C(=O)OCC(=O)Nc1sc2c(c1C#N)CCCCC2. The number of aromatic nitrogens is 2. The molecule has 0 aliphatic heterocycles. The zero-order chi connectivity index (χ0) is 22.7. The van der Waals surface area contributed by atoms with Gasteiger partial charge in [0.1, 0.15) is 16.6 Å². The number of anilines is 1. The van der Waals surface area contributed by atoms with E-state index in [-0.39, 0.29) is 0 Å². The number of hydrogen-bond acceptors (Lipinski definition) is 6. The fourth-order valence-corrected chi connectivity index (χ4v) is 5.33. The van der Waals surface area contributed by atoms with Crippen LogP contribution in [0.5, 0.6) is 0 Å². The second kappa shape index (κ2) is 9.37. The molecule has 7 nitrogen and oxygen atoms in total. The van der Waals surface area contributed by atoms with Crippen molar-refractivity contribution in [1.82, 2.24) is 9.78 Å². The van der Waals surface area contributed by atoms with Crippen LogP contribution < -0.4 is 5.32 Å². The number of nitrogens with zero attached hydrogens (tertiary/aromatic N) is 3. The molecule has 1 aliphatic rings. The molecule has 4 rings (SSSR count). The summed E-state index contributed by atoms with van der Waals surface area (Å²) >= 11 is 1.46. The second-order valence-corrected chi connectivity index (χ2v) is 8.90. The Kier molecular flexibility index (Phi) is 6.37. The lowest BCUT2D eigenvalue weighted by Crippen LogP contribution is -2.21. The summed E-state index contributed by atoms with van der Waals surface area (Å²) < 4.78 is 6.97. The Balaban J connectivity index is 1.44. The topological polar surface area (TPSA) is 97.0 Å². The molecule has 0 saturated carbocycles. The largest absolute Gasteiger partial charge is 0.452 e. The third-order valence-corrected chi connectivity index (χ3v) is 6.82. The number of rotatable bonds is 5. The lowest BCUT2D eigenvalue weighted by molar-refractivity contribution is -0.119. The average molecular weight is 449 g/mol. The van der Waals surface area contributed by atoms with E-state index in [9.17, 15) is 14.9 Å². The Bertz CT molecular complexity index is 1200. The third-order valence-electron chi connectivity index (χ3n) is 5.62. The van der Waals surface area contributed by atoms with E-state index in [1.54, 1.807) is 18.5 Å². The van der Waals surface area contributed by atoms with Gasteiger partial charge in [-0.2, -0.15) is 10.4 Å². The van der Waals surface area contributed by atoms with E-state index in [0.717, 1.165) is 43.4 Å². The summed E-state index contributed by atoms with van der Waals surface area (Å²) in [6, 6.07) is 11.7. The number of fused-ring (bicyclic) bond motifs is 1. The van der Waals surface area contributed by atoms with Crippen molar-refractivity contribution in [2.45, 2.75) is 46.0 Å². The smallest absolute Gasteiger partial charge is 0.342 e. The summed E-state index contributed by atoms with van der Waals surface area (Å²) in [7, 11) is 0. The van der Waals surface area contributed by atoms with Gasteiger partial charge in [-0.3, -0.25) is 4.79 Å². The molecule has 2 aromatic heterocycles. The highest BCUT2D eigenvalue weighted by atomic mass is 32.1. The number of esters is 1. The number of amides is 1. The highest BCUT2D eigenvalue weighted by Crippen LogP contribution is 2.36. The van der Waals surface area contributed by atoms with Gasteiger partial charge in [-0.15, -0.1) is 11.3 Å². The van der Waals surface area contributed by atoms with Crippen molar-refractivity contribution < 1.29 is 14.3 Å². The number of thiophene rings is 1. The van der Waals surface area contributed by atoms with Crippen LogP contribution in [0.3, 0.4) is 0 Å². The molecule has 1 aliphatic carbocycles. The molecule has 164 valence electrons. The minimum Gasteiger partial charge on any atom is -0.452 e. The van der Waals surface area contributed by atoms with Crippen LogP contribution in [0.15, 0.2) is 30.3 Å². The van der Waals surface area contributed by atoms with Crippen molar-refractivity contribution in [1.29, 1.82) is 5.26 Å². The fourth-order valence-electron chi connectivity index (χ4n) is 4.07. The van der Waals surface area contributed by atoms with E-state index in [2.05, 4.69) is 16.5 Å². The Morgan fingerprint density at radius 2 is 1.94 bits per heavy atom. The molecule has 1 aromatic carbocycles. The minimum atomic E-state index is -0.597. The Morgan fingerprint density at radius 1 is 1.19 bits per heavy atom.